The van der Waals surface area contributed by atoms with E-state index in [0.717, 1.165) is 42.4 Å². The van der Waals surface area contributed by atoms with E-state index in [9.17, 15) is 19.5 Å². The molecule has 1 aliphatic rings. The summed E-state index contributed by atoms with van der Waals surface area (Å²) in [6.45, 7) is 3.94. The van der Waals surface area contributed by atoms with Gasteiger partial charge in [0.1, 0.15) is 5.00 Å². The Labute approximate surface area is 174 Å². The monoisotopic (exact) mass is 414 g/mol. The highest BCUT2D eigenvalue weighted by molar-refractivity contribution is 7.15. The lowest BCUT2D eigenvalue weighted by Gasteiger charge is -2.26. The van der Waals surface area contributed by atoms with Gasteiger partial charge in [0.15, 0.2) is 0 Å². The average Bonchev–Trinajstić information content (AvgIpc) is 3.23. The molecule has 3 rings (SSSR count). The number of hydrogen-bond donors (Lipinski definition) is 3. The van der Waals surface area contributed by atoms with Gasteiger partial charge in [-0.1, -0.05) is 36.6 Å². The molecule has 0 bridgehead atoms. The van der Waals surface area contributed by atoms with Crippen LogP contribution in [-0.2, 0) is 9.59 Å². The number of carboxylic acid groups (broad SMARTS) is 1. The van der Waals surface area contributed by atoms with E-state index in [1.807, 2.05) is 37.4 Å². The summed E-state index contributed by atoms with van der Waals surface area (Å²) in [6, 6.07) is 5.98. The number of aliphatic carboxylic acids is 1. The van der Waals surface area contributed by atoms with Crippen LogP contribution in [0.5, 0.6) is 0 Å². The second-order valence-corrected chi connectivity index (χ2v) is 8.92. The molecular weight excluding hydrogens is 388 g/mol. The lowest BCUT2D eigenvalue weighted by molar-refractivity contribution is -0.140. The summed E-state index contributed by atoms with van der Waals surface area (Å²) in [7, 11) is 0. The third-order valence-electron chi connectivity index (χ3n) is 5.70. The average molecular weight is 415 g/mol. The number of primary amides is 1. The zero-order chi connectivity index (χ0) is 21.2. The number of nitrogens with one attached hydrogen (secondary N) is 1. The molecule has 0 unspecified atom stereocenters. The van der Waals surface area contributed by atoms with E-state index in [1.165, 1.54) is 11.3 Å². The SMILES string of the molecule is Cc1ccc(C)c(-c2csc(NC(=O)CC3(CC(=O)O)CCCC3)c2C(N)=O)c1. The Morgan fingerprint density at radius 2 is 1.83 bits per heavy atom. The van der Waals surface area contributed by atoms with Crippen molar-refractivity contribution in [2.24, 2.45) is 11.1 Å². The first-order valence-electron chi connectivity index (χ1n) is 9.71. The van der Waals surface area contributed by atoms with Crippen LogP contribution in [0.2, 0.25) is 0 Å². The van der Waals surface area contributed by atoms with Gasteiger partial charge >= 0.3 is 5.97 Å². The van der Waals surface area contributed by atoms with Gasteiger partial charge in [-0.25, -0.2) is 0 Å². The molecule has 6 nitrogen and oxygen atoms in total. The Kier molecular flexibility index (Phi) is 6.07. The molecule has 0 saturated heterocycles. The van der Waals surface area contributed by atoms with Crippen molar-refractivity contribution in [2.75, 3.05) is 5.32 Å². The zero-order valence-corrected chi connectivity index (χ0v) is 17.5. The number of aryl methyl sites for hydroxylation is 2. The highest BCUT2D eigenvalue weighted by Gasteiger charge is 2.38. The van der Waals surface area contributed by atoms with Crippen molar-refractivity contribution < 1.29 is 19.5 Å². The van der Waals surface area contributed by atoms with Crippen LogP contribution >= 0.6 is 11.3 Å². The minimum atomic E-state index is -0.883. The molecule has 0 spiro atoms. The van der Waals surface area contributed by atoms with E-state index in [-0.39, 0.29) is 18.7 Å². The van der Waals surface area contributed by atoms with Crippen molar-refractivity contribution >= 4 is 34.1 Å². The highest BCUT2D eigenvalue weighted by atomic mass is 32.1. The topological polar surface area (TPSA) is 109 Å². The minimum Gasteiger partial charge on any atom is -0.481 e. The number of hydrogen-bond acceptors (Lipinski definition) is 4. The Morgan fingerprint density at radius 3 is 2.45 bits per heavy atom. The summed E-state index contributed by atoms with van der Waals surface area (Å²) < 4.78 is 0. The summed E-state index contributed by atoms with van der Waals surface area (Å²) in [4.78, 5) is 36.2. The molecule has 0 aliphatic heterocycles. The van der Waals surface area contributed by atoms with E-state index in [0.29, 0.717) is 16.1 Å². The van der Waals surface area contributed by atoms with Gasteiger partial charge in [-0.05, 0) is 43.2 Å². The van der Waals surface area contributed by atoms with Gasteiger partial charge in [0, 0.05) is 17.4 Å². The van der Waals surface area contributed by atoms with Gasteiger partial charge in [0.25, 0.3) is 5.91 Å². The fourth-order valence-corrected chi connectivity index (χ4v) is 5.27. The largest absolute Gasteiger partial charge is 0.481 e. The molecular formula is C22H26N2O4S. The number of carboxylic acids is 1. The molecule has 1 heterocycles. The predicted octanol–water partition coefficient (Wildman–Crippen LogP) is 4.49. The fourth-order valence-electron chi connectivity index (χ4n) is 4.29. The summed E-state index contributed by atoms with van der Waals surface area (Å²) in [5.41, 5.74) is 9.15. The maximum absolute atomic E-state index is 12.7. The second kappa shape index (κ2) is 8.37. The summed E-state index contributed by atoms with van der Waals surface area (Å²) >= 11 is 1.26. The Hall–Kier alpha value is -2.67. The van der Waals surface area contributed by atoms with Crippen molar-refractivity contribution in [2.45, 2.75) is 52.4 Å². The summed E-state index contributed by atoms with van der Waals surface area (Å²) in [5, 5.41) is 14.3. The van der Waals surface area contributed by atoms with Gasteiger partial charge in [0.05, 0.1) is 12.0 Å². The van der Waals surface area contributed by atoms with E-state index >= 15 is 0 Å². The van der Waals surface area contributed by atoms with E-state index in [1.54, 1.807) is 0 Å². The van der Waals surface area contributed by atoms with Gasteiger partial charge < -0.3 is 16.2 Å². The minimum absolute atomic E-state index is 0.0126. The molecule has 0 atom stereocenters. The highest BCUT2D eigenvalue weighted by Crippen LogP contribution is 2.45. The number of carbonyl (C=O) groups excluding carboxylic acids is 2. The Balaban J connectivity index is 1.87. The standard InChI is InChI=1S/C22H26N2O4S/c1-13-5-6-14(2)15(9-13)16-12-29-21(19(16)20(23)28)24-17(25)10-22(11-18(26)27)7-3-4-8-22/h5-6,9,12H,3-4,7-8,10-11H2,1-2H3,(H2,23,28)(H,24,25)(H,26,27). The summed E-state index contributed by atoms with van der Waals surface area (Å²) in [5.74, 6) is -1.76. The number of nitrogens with two attached hydrogens (primary N) is 1. The third kappa shape index (κ3) is 4.67. The zero-order valence-electron chi connectivity index (χ0n) is 16.7. The van der Waals surface area contributed by atoms with E-state index in [2.05, 4.69) is 5.32 Å². The van der Waals surface area contributed by atoms with Crippen molar-refractivity contribution in [3.8, 4) is 11.1 Å². The molecule has 4 N–H and O–H groups in total. The molecule has 1 aromatic heterocycles. The van der Waals surface area contributed by atoms with Gasteiger partial charge in [0.2, 0.25) is 5.91 Å². The number of benzene rings is 1. The molecule has 2 aromatic rings. The maximum Gasteiger partial charge on any atom is 0.303 e. The fraction of sp³-hybridized carbons (Fsp3) is 0.409. The quantitative estimate of drug-likeness (QED) is 0.620. The number of carbonyl (C=O) groups is 3. The van der Waals surface area contributed by atoms with Crippen molar-refractivity contribution in [3.05, 3.63) is 40.3 Å². The van der Waals surface area contributed by atoms with Gasteiger partial charge in [-0.15, -0.1) is 11.3 Å². The Morgan fingerprint density at radius 1 is 1.14 bits per heavy atom. The van der Waals surface area contributed by atoms with Crippen LogP contribution in [-0.4, -0.2) is 22.9 Å². The first kappa shape index (κ1) is 21.0. The third-order valence-corrected chi connectivity index (χ3v) is 6.60. The Bertz CT molecular complexity index is 958. The number of thiophene rings is 1. The number of rotatable bonds is 7. The smallest absolute Gasteiger partial charge is 0.303 e. The van der Waals surface area contributed by atoms with Crippen molar-refractivity contribution in [1.82, 2.24) is 0 Å². The van der Waals surface area contributed by atoms with E-state index in [4.69, 9.17) is 5.73 Å². The van der Waals surface area contributed by atoms with Crippen LogP contribution in [0.15, 0.2) is 23.6 Å². The summed E-state index contributed by atoms with van der Waals surface area (Å²) in [6.07, 6.45) is 3.45. The first-order valence-corrected chi connectivity index (χ1v) is 10.6. The lowest BCUT2D eigenvalue weighted by atomic mass is 9.79. The molecule has 1 fully saturated rings. The maximum atomic E-state index is 12.7. The second-order valence-electron chi connectivity index (χ2n) is 8.04. The molecule has 1 saturated carbocycles. The van der Waals surface area contributed by atoms with Crippen LogP contribution in [0.3, 0.4) is 0 Å². The molecule has 154 valence electrons. The first-order chi connectivity index (χ1) is 13.7. The van der Waals surface area contributed by atoms with Crippen LogP contribution in [0.25, 0.3) is 11.1 Å². The number of anilines is 1. The van der Waals surface area contributed by atoms with Crippen LogP contribution in [0.4, 0.5) is 5.00 Å². The van der Waals surface area contributed by atoms with Crippen LogP contribution < -0.4 is 11.1 Å². The molecule has 2 amide bonds. The van der Waals surface area contributed by atoms with Crippen LogP contribution in [0.1, 0.15) is 60.0 Å². The normalized spacial score (nSPS) is 15.2. The lowest BCUT2D eigenvalue weighted by Crippen LogP contribution is -2.28. The predicted molar refractivity (Wildman–Crippen MR) is 114 cm³/mol. The molecule has 0 radical (unpaired) electrons. The molecule has 29 heavy (non-hydrogen) atoms. The molecule has 7 heteroatoms. The molecule has 1 aliphatic carbocycles. The molecule has 1 aromatic carbocycles. The van der Waals surface area contributed by atoms with Crippen molar-refractivity contribution in [1.29, 1.82) is 0 Å². The van der Waals surface area contributed by atoms with Crippen molar-refractivity contribution in [3.63, 3.8) is 0 Å². The van der Waals surface area contributed by atoms with Gasteiger partial charge in [-0.2, -0.15) is 0 Å². The van der Waals surface area contributed by atoms with Crippen LogP contribution in [0, 0.1) is 19.3 Å². The van der Waals surface area contributed by atoms with Gasteiger partial charge in [-0.3, -0.25) is 14.4 Å². The van der Waals surface area contributed by atoms with E-state index < -0.39 is 17.3 Å². The number of amides is 2.